The van der Waals surface area contributed by atoms with Gasteiger partial charge in [-0.3, -0.25) is 0 Å². The van der Waals surface area contributed by atoms with Gasteiger partial charge in [0.05, 0.1) is 6.61 Å². The molecule has 1 aliphatic heterocycles. The Kier molecular flexibility index (Phi) is 1.63. The number of aryl methyl sites for hydroxylation is 1. The molecular formula is C12H11NO2. The molecule has 1 aromatic carbocycles. The minimum atomic E-state index is 0.217. The van der Waals surface area contributed by atoms with Crippen molar-refractivity contribution in [3.05, 3.63) is 29.5 Å². The molecule has 0 saturated carbocycles. The van der Waals surface area contributed by atoms with Crippen LogP contribution in [0.3, 0.4) is 0 Å². The van der Waals surface area contributed by atoms with E-state index in [0.717, 1.165) is 23.3 Å². The Morgan fingerprint density at radius 1 is 1.40 bits per heavy atom. The van der Waals surface area contributed by atoms with E-state index in [1.807, 2.05) is 19.1 Å². The zero-order valence-corrected chi connectivity index (χ0v) is 8.45. The lowest BCUT2D eigenvalue weighted by molar-refractivity contribution is 0.360. The van der Waals surface area contributed by atoms with E-state index in [2.05, 4.69) is 4.98 Å². The first-order valence-electron chi connectivity index (χ1n) is 5.01. The van der Waals surface area contributed by atoms with Gasteiger partial charge >= 0.3 is 0 Å². The molecule has 0 radical (unpaired) electrons. The van der Waals surface area contributed by atoms with Gasteiger partial charge in [-0.2, -0.15) is 0 Å². The van der Waals surface area contributed by atoms with Crippen molar-refractivity contribution in [1.29, 1.82) is 0 Å². The molecule has 0 spiro atoms. The number of fused-ring (bicyclic) bond motifs is 3. The summed E-state index contributed by atoms with van der Waals surface area (Å²) in [5, 5.41) is 10.6. The Hall–Kier alpha value is -1.77. The maximum atomic E-state index is 9.71. The van der Waals surface area contributed by atoms with Crippen LogP contribution in [0.5, 0.6) is 11.5 Å². The number of phenolic OH excluding ortho intramolecular Hbond substituents is 1. The first-order valence-corrected chi connectivity index (χ1v) is 5.01. The van der Waals surface area contributed by atoms with Crippen LogP contribution in [-0.2, 0) is 6.42 Å². The van der Waals surface area contributed by atoms with E-state index in [1.165, 1.54) is 5.56 Å². The molecule has 0 fully saturated rings. The SMILES string of the molecule is Cc1nc2c(O)cccc2c2c1CCO2. The number of hydrogen-bond donors (Lipinski definition) is 1. The molecule has 3 nitrogen and oxygen atoms in total. The van der Waals surface area contributed by atoms with Gasteiger partial charge < -0.3 is 9.84 Å². The molecule has 0 bridgehead atoms. The number of phenols is 1. The summed E-state index contributed by atoms with van der Waals surface area (Å²) in [5.41, 5.74) is 2.76. The summed E-state index contributed by atoms with van der Waals surface area (Å²) < 4.78 is 5.60. The van der Waals surface area contributed by atoms with Crippen LogP contribution in [0, 0.1) is 6.92 Å². The Bertz CT molecular complexity index is 549. The molecule has 2 heterocycles. The lowest BCUT2D eigenvalue weighted by atomic mass is 10.1. The van der Waals surface area contributed by atoms with Crippen molar-refractivity contribution >= 4 is 10.9 Å². The fourth-order valence-corrected chi connectivity index (χ4v) is 2.11. The molecule has 0 aliphatic carbocycles. The van der Waals surface area contributed by atoms with Gasteiger partial charge in [-0.05, 0) is 19.1 Å². The Morgan fingerprint density at radius 2 is 2.27 bits per heavy atom. The van der Waals surface area contributed by atoms with Gasteiger partial charge in [-0.25, -0.2) is 4.98 Å². The van der Waals surface area contributed by atoms with Crippen LogP contribution in [0.4, 0.5) is 0 Å². The fraction of sp³-hybridized carbons (Fsp3) is 0.250. The van der Waals surface area contributed by atoms with Crippen molar-refractivity contribution in [3.8, 4) is 11.5 Å². The Labute approximate surface area is 87.3 Å². The molecule has 15 heavy (non-hydrogen) atoms. The summed E-state index contributed by atoms with van der Waals surface area (Å²) in [6.07, 6.45) is 0.916. The highest BCUT2D eigenvalue weighted by molar-refractivity contribution is 5.91. The van der Waals surface area contributed by atoms with E-state index in [1.54, 1.807) is 6.07 Å². The molecule has 0 amide bonds. The minimum Gasteiger partial charge on any atom is -0.506 e. The predicted octanol–water partition coefficient (Wildman–Crippen LogP) is 2.18. The summed E-state index contributed by atoms with van der Waals surface area (Å²) in [6.45, 7) is 2.67. The van der Waals surface area contributed by atoms with Crippen LogP contribution < -0.4 is 4.74 Å². The average molecular weight is 201 g/mol. The van der Waals surface area contributed by atoms with Crippen LogP contribution in [0.15, 0.2) is 18.2 Å². The molecule has 0 atom stereocenters. The second-order valence-corrected chi connectivity index (χ2v) is 3.78. The van der Waals surface area contributed by atoms with Gasteiger partial charge in [-0.15, -0.1) is 0 Å². The van der Waals surface area contributed by atoms with Gasteiger partial charge in [0, 0.05) is 23.1 Å². The summed E-state index contributed by atoms with van der Waals surface area (Å²) in [4.78, 5) is 4.42. The molecule has 0 saturated heterocycles. The van der Waals surface area contributed by atoms with Gasteiger partial charge in [0.25, 0.3) is 0 Å². The fourth-order valence-electron chi connectivity index (χ4n) is 2.11. The van der Waals surface area contributed by atoms with Gasteiger partial charge in [0.15, 0.2) is 0 Å². The Balaban J connectivity index is 2.48. The topological polar surface area (TPSA) is 42.4 Å². The standard InChI is InChI=1S/C12H11NO2/c1-7-8-5-6-15-12(8)9-3-2-4-10(14)11(9)13-7/h2-4,14H,5-6H2,1H3. The highest BCUT2D eigenvalue weighted by atomic mass is 16.5. The number of hydrogen-bond acceptors (Lipinski definition) is 3. The zero-order chi connectivity index (χ0) is 10.4. The average Bonchev–Trinajstić information content (AvgIpc) is 2.69. The van der Waals surface area contributed by atoms with E-state index >= 15 is 0 Å². The molecule has 1 aliphatic rings. The first-order chi connectivity index (χ1) is 7.27. The number of para-hydroxylation sites is 1. The van der Waals surface area contributed by atoms with E-state index in [0.29, 0.717) is 12.1 Å². The quantitative estimate of drug-likeness (QED) is 0.710. The lowest BCUT2D eigenvalue weighted by Gasteiger charge is -2.07. The normalized spacial score (nSPS) is 13.9. The number of rotatable bonds is 0. The summed E-state index contributed by atoms with van der Waals surface area (Å²) in [7, 11) is 0. The Morgan fingerprint density at radius 3 is 3.13 bits per heavy atom. The van der Waals surface area contributed by atoms with Crippen molar-refractivity contribution in [2.24, 2.45) is 0 Å². The first kappa shape index (κ1) is 8.53. The van der Waals surface area contributed by atoms with Crippen molar-refractivity contribution < 1.29 is 9.84 Å². The lowest BCUT2D eigenvalue weighted by Crippen LogP contribution is -1.91. The molecule has 76 valence electrons. The number of benzene rings is 1. The number of aromatic hydroxyl groups is 1. The minimum absolute atomic E-state index is 0.217. The third-order valence-electron chi connectivity index (χ3n) is 2.85. The number of pyridine rings is 1. The maximum absolute atomic E-state index is 9.71. The van der Waals surface area contributed by atoms with Crippen molar-refractivity contribution in [3.63, 3.8) is 0 Å². The molecule has 2 aromatic rings. The van der Waals surface area contributed by atoms with Crippen LogP contribution >= 0.6 is 0 Å². The van der Waals surface area contributed by atoms with Crippen molar-refractivity contribution in [1.82, 2.24) is 4.98 Å². The third-order valence-corrected chi connectivity index (χ3v) is 2.85. The van der Waals surface area contributed by atoms with Crippen molar-refractivity contribution in [2.75, 3.05) is 6.61 Å². The monoisotopic (exact) mass is 201 g/mol. The second kappa shape index (κ2) is 2.86. The smallest absolute Gasteiger partial charge is 0.141 e. The van der Waals surface area contributed by atoms with Crippen LogP contribution in [0.2, 0.25) is 0 Å². The van der Waals surface area contributed by atoms with E-state index in [9.17, 15) is 5.11 Å². The third kappa shape index (κ3) is 1.09. The maximum Gasteiger partial charge on any atom is 0.141 e. The molecule has 3 rings (SSSR count). The van der Waals surface area contributed by atoms with E-state index < -0.39 is 0 Å². The van der Waals surface area contributed by atoms with Crippen molar-refractivity contribution in [2.45, 2.75) is 13.3 Å². The zero-order valence-electron chi connectivity index (χ0n) is 8.45. The van der Waals surface area contributed by atoms with Crippen LogP contribution in [0.25, 0.3) is 10.9 Å². The summed E-state index contributed by atoms with van der Waals surface area (Å²) in [5.74, 6) is 1.11. The van der Waals surface area contributed by atoms with Gasteiger partial charge in [-0.1, -0.05) is 6.07 Å². The molecular weight excluding hydrogens is 190 g/mol. The van der Waals surface area contributed by atoms with Crippen LogP contribution in [-0.4, -0.2) is 16.7 Å². The predicted molar refractivity (Wildman–Crippen MR) is 57.3 cm³/mol. The number of ether oxygens (including phenoxy) is 1. The second-order valence-electron chi connectivity index (χ2n) is 3.78. The largest absolute Gasteiger partial charge is 0.506 e. The molecule has 3 heteroatoms. The highest BCUT2D eigenvalue weighted by Gasteiger charge is 2.20. The molecule has 0 unspecified atom stereocenters. The highest BCUT2D eigenvalue weighted by Crippen LogP contribution is 2.37. The van der Waals surface area contributed by atoms with Gasteiger partial charge in [0.2, 0.25) is 0 Å². The van der Waals surface area contributed by atoms with E-state index in [4.69, 9.17) is 4.74 Å². The summed E-state index contributed by atoms with van der Waals surface area (Å²) in [6, 6.07) is 5.40. The van der Waals surface area contributed by atoms with E-state index in [-0.39, 0.29) is 5.75 Å². The van der Waals surface area contributed by atoms with Gasteiger partial charge in [0.1, 0.15) is 17.0 Å². The number of nitrogens with zero attached hydrogens (tertiary/aromatic N) is 1. The van der Waals surface area contributed by atoms with Crippen LogP contribution in [0.1, 0.15) is 11.3 Å². The summed E-state index contributed by atoms with van der Waals surface area (Å²) >= 11 is 0. The number of aromatic nitrogens is 1. The molecule has 1 N–H and O–H groups in total. The molecule has 1 aromatic heterocycles.